The predicted octanol–water partition coefficient (Wildman–Crippen LogP) is 2.02. The zero-order chi connectivity index (χ0) is 12.9. The third-order valence-corrected chi connectivity index (χ3v) is 6.38. The highest BCUT2D eigenvalue weighted by Gasteiger charge is 2.49. The molecule has 0 aromatic carbocycles. The summed E-state index contributed by atoms with van der Waals surface area (Å²) in [5, 5.41) is 3.60. The van der Waals surface area contributed by atoms with E-state index in [1.807, 2.05) is 0 Å². The molecule has 0 aromatic rings. The molecule has 0 bridgehead atoms. The Morgan fingerprint density at radius 1 is 1.32 bits per heavy atom. The highest BCUT2D eigenvalue weighted by molar-refractivity contribution is 5.03. The second-order valence-electron chi connectivity index (χ2n) is 7.29. The molecule has 1 spiro atoms. The first-order chi connectivity index (χ1) is 9.31. The van der Waals surface area contributed by atoms with Crippen LogP contribution in [0, 0.1) is 11.8 Å². The zero-order valence-corrected chi connectivity index (χ0v) is 12.2. The van der Waals surface area contributed by atoms with Crippen molar-refractivity contribution in [3.05, 3.63) is 0 Å². The second-order valence-corrected chi connectivity index (χ2v) is 7.29. The van der Waals surface area contributed by atoms with Gasteiger partial charge in [-0.25, -0.2) is 0 Å². The van der Waals surface area contributed by atoms with E-state index < -0.39 is 0 Å². The van der Waals surface area contributed by atoms with E-state index in [9.17, 15) is 0 Å². The van der Waals surface area contributed by atoms with E-state index in [1.165, 1.54) is 58.2 Å². The molecule has 4 atom stereocenters. The number of hydrogen-bond donors (Lipinski definition) is 1. The average Bonchev–Trinajstić information content (AvgIpc) is 2.96. The van der Waals surface area contributed by atoms with Gasteiger partial charge in [0.2, 0.25) is 0 Å². The maximum atomic E-state index is 6.12. The molecule has 3 aliphatic heterocycles. The van der Waals surface area contributed by atoms with Gasteiger partial charge in [-0.3, -0.25) is 4.90 Å². The minimum atomic E-state index is 0.303. The largest absolute Gasteiger partial charge is 0.375 e. The standard InChI is InChI=1S/C16H28N2O/c1-2-15-14-10-17-9-12(14)11-18(15)13-4-7-19-16(8-13)5-3-6-16/h12-15,17H,2-11H2,1H3. The summed E-state index contributed by atoms with van der Waals surface area (Å²) < 4.78 is 6.12. The number of ether oxygens (including phenoxy) is 1. The van der Waals surface area contributed by atoms with Gasteiger partial charge >= 0.3 is 0 Å². The van der Waals surface area contributed by atoms with E-state index in [0.29, 0.717) is 5.60 Å². The lowest BCUT2D eigenvalue weighted by Gasteiger charge is -2.50. The van der Waals surface area contributed by atoms with Crippen LogP contribution in [0.4, 0.5) is 0 Å². The topological polar surface area (TPSA) is 24.5 Å². The van der Waals surface area contributed by atoms with Gasteiger partial charge < -0.3 is 10.1 Å². The molecule has 4 fully saturated rings. The highest BCUT2D eigenvalue weighted by Crippen LogP contribution is 2.46. The average molecular weight is 264 g/mol. The second kappa shape index (κ2) is 4.71. The Kier molecular flexibility index (Phi) is 3.13. The van der Waals surface area contributed by atoms with Crippen LogP contribution < -0.4 is 5.32 Å². The van der Waals surface area contributed by atoms with Crippen LogP contribution in [0.25, 0.3) is 0 Å². The molecule has 4 rings (SSSR count). The summed E-state index contributed by atoms with van der Waals surface area (Å²) in [7, 11) is 0. The Morgan fingerprint density at radius 2 is 2.21 bits per heavy atom. The molecule has 0 aromatic heterocycles. The fourth-order valence-electron chi connectivity index (χ4n) is 5.22. The molecule has 108 valence electrons. The van der Waals surface area contributed by atoms with Gasteiger partial charge in [0.05, 0.1) is 5.60 Å². The predicted molar refractivity (Wildman–Crippen MR) is 76.2 cm³/mol. The lowest BCUT2D eigenvalue weighted by atomic mass is 9.73. The SMILES string of the molecule is CCC1C2CNCC2CN1C1CCOC2(CCC2)C1. The summed E-state index contributed by atoms with van der Waals surface area (Å²) in [6, 6.07) is 1.64. The number of nitrogens with zero attached hydrogens (tertiary/aromatic N) is 1. The molecular weight excluding hydrogens is 236 g/mol. The normalized spacial score (nSPS) is 45.3. The van der Waals surface area contributed by atoms with Gasteiger partial charge in [-0.15, -0.1) is 0 Å². The summed E-state index contributed by atoms with van der Waals surface area (Å²) in [4.78, 5) is 2.89. The lowest BCUT2D eigenvalue weighted by Crippen LogP contribution is -2.53. The number of rotatable bonds is 2. The third-order valence-electron chi connectivity index (χ3n) is 6.38. The molecule has 4 aliphatic rings. The Hall–Kier alpha value is -0.120. The number of hydrogen-bond acceptors (Lipinski definition) is 3. The van der Waals surface area contributed by atoms with Crippen molar-refractivity contribution < 1.29 is 4.74 Å². The number of likely N-dealkylation sites (tertiary alicyclic amines) is 1. The fraction of sp³-hybridized carbons (Fsp3) is 1.00. The van der Waals surface area contributed by atoms with Crippen molar-refractivity contribution >= 4 is 0 Å². The Bertz CT molecular complexity index is 342. The molecule has 3 nitrogen and oxygen atoms in total. The maximum Gasteiger partial charge on any atom is 0.0697 e. The van der Waals surface area contributed by atoms with Crippen molar-refractivity contribution in [1.82, 2.24) is 10.2 Å². The molecule has 3 heterocycles. The molecule has 0 radical (unpaired) electrons. The van der Waals surface area contributed by atoms with E-state index in [-0.39, 0.29) is 0 Å². The van der Waals surface area contributed by atoms with Crippen LogP contribution in [0.15, 0.2) is 0 Å². The molecule has 19 heavy (non-hydrogen) atoms. The van der Waals surface area contributed by atoms with E-state index in [0.717, 1.165) is 30.5 Å². The summed E-state index contributed by atoms with van der Waals surface area (Å²) in [6.45, 7) is 7.25. The lowest BCUT2D eigenvalue weighted by molar-refractivity contribution is -0.150. The Balaban J connectivity index is 1.49. The molecule has 4 unspecified atom stereocenters. The van der Waals surface area contributed by atoms with Crippen LogP contribution in [0.1, 0.15) is 45.4 Å². The molecule has 0 amide bonds. The zero-order valence-electron chi connectivity index (χ0n) is 12.2. The van der Waals surface area contributed by atoms with Gasteiger partial charge in [0.25, 0.3) is 0 Å². The monoisotopic (exact) mass is 264 g/mol. The van der Waals surface area contributed by atoms with Crippen LogP contribution in [-0.2, 0) is 4.74 Å². The maximum absolute atomic E-state index is 6.12. The van der Waals surface area contributed by atoms with Gasteiger partial charge in [-0.2, -0.15) is 0 Å². The summed E-state index contributed by atoms with van der Waals surface area (Å²) in [5.74, 6) is 1.84. The van der Waals surface area contributed by atoms with E-state index in [4.69, 9.17) is 4.74 Å². The van der Waals surface area contributed by atoms with Crippen molar-refractivity contribution in [2.24, 2.45) is 11.8 Å². The van der Waals surface area contributed by atoms with Crippen LogP contribution in [0.5, 0.6) is 0 Å². The van der Waals surface area contributed by atoms with Gasteiger partial charge in [0.15, 0.2) is 0 Å². The Labute approximate surface area is 117 Å². The Morgan fingerprint density at radius 3 is 2.95 bits per heavy atom. The van der Waals surface area contributed by atoms with E-state index in [1.54, 1.807) is 0 Å². The minimum absolute atomic E-state index is 0.303. The van der Waals surface area contributed by atoms with Crippen LogP contribution >= 0.6 is 0 Å². The smallest absolute Gasteiger partial charge is 0.0697 e. The van der Waals surface area contributed by atoms with Gasteiger partial charge in [0.1, 0.15) is 0 Å². The molecule has 3 saturated heterocycles. The van der Waals surface area contributed by atoms with Crippen LogP contribution in [0.2, 0.25) is 0 Å². The molecule has 1 N–H and O–H groups in total. The van der Waals surface area contributed by atoms with Crippen LogP contribution in [0.3, 0.4) is 0 Å². The van der Waals surface area contributed by atoms with Crippen molar-refractivity contribution in [3.8, 4) is 0 Å². The minimum Gasteiger partial charge on any atom is -0.375 e. The van der Waals surface area contributed by atoms with Crippen LogP contribution in [-0.4, -0.2) is 48.8 Å². The highest BCUT2D eigenvalue weighted by atomic mass is 16.5. The first-order valence-corrected chi connectivity index (χ1v) is 8.42. The van der Waals surface area contributed by atoms with Gasteiger partial charge in [0, 0.05) is 25.2 Å². The van der Waals surface area contributed by atoms with Crippen molar-refractivity contribution in [2.45, 2.75) is 63.1 Å². The van der Waals surface area contributed by atoms with Crippen molar-refractivity contribution in [2.75, 3.05) is 26.2 Å². The van der Waals surface area contributed by atoms with E-state index >= 15 is 0 Å². The first kappa shape index (κ1) is 12.6. The summed E-state index contributed by atoms with van der Waals surface area (Å²) in [5.41, 5.74) is 0.303. The van der Waals surface area contributed by atoms with Gasteiger partial charge in [-0.05, 0) is 63.5 Å². The molecule has 1 aliphatic carbocycles. The molecule has 1 saturated carbocycles. The summed E-state index contributed by atoms with van der Waals surface area (Å²) in [6.07, 6.45) is 7.94. The number of fused-ring (bicyclic) bond motifs is 1. The van der Waals surface area contributed by atoms with Crippen molar-refractivity contribution in [3.63, 3.8) is 0 Å². The number of nitrogens with one attached hydrogen (secondary N) is 1. The fourth-order valence-corrected chi connectivity index (χ4v) is 5.22. The van der Waals surface area contributed by atoms with E-state index in [2.05, 4.69) is 17.1 Å². The van der Waals surface area contributed by atoms with Crippen molar-refractivity contribution in [1.29, 1.82) is 0 Å². The quantitative estimate of drug-likeness (QED) is 0.826. The summed E-state index contributed by atoms with van der Waals surface area (Å²) >= 11 is 0. The third kappa shape index (κ3) is 1.97. The van der Waals surface area contributed by atoms with Gasteiger partial charge in [-0.1, -0.05) is 6.92 Å². The molecular formula is C16H28N2O. The molecule has 3 heteroatoms. The first-order valence-electron chi connectivity index (χ1n) is 8.42.